The van der Waals surface area contributed by atoms with Crippen molar-refractivity contribution in [2.45, 2.75) is 44.2 Å². The van der Waals surface area contributed by atoms with Crippen LogP contribution in [0.25, 0.3) is 0 Å². The highest BCUT2D eigenvalue weighted by Crippen LogP contribution is 2.60. The van der Waals surface area contributed by atoms with Gasteiger partial charge in [0.05, 0.1) is 6.10 Å². The van der Waals surface area contributed by atoms with E-state index < -0.39 is 0 Å². The van der Waals surface area contributed by atoms with Crippen molar-refractivity contribution in [2.24, 2.45) is 11.3 Å². The summed E-state index contributed by atoms with van der Waals surface area (Å²) in [6, 6.07) is 7.73. The molecule has 2 aliphatic heterocycles. The molecule has 1 aromatic carbocycles. The van der Waals surface area contributed by atoms with E-state index in [-0.39, 0.29) is 17.2 Å². The van der Waals surface area contributed by atoms with Crippen LogP contribution in [0.1, 0.15) is 32.1 Å². The minimum absolute atomic E-state index is 0.0900. The Morgan fingerprint density at radius 2 is 1.96 bits per heavy atom. The van der Waals surface area contributed by atoms with Crippen LogP contribution in [0.5, 0.6) is 5.75 Å². The number of amides is 2. The summed E-state index contributed by atoms with van der Waals surface area (Å²) in [7, 11) is 0. The maximum absolute atomic E-state index is 12.9. The van der Waals surface area contributed by atoms with Gasteiger partial charge in [0.2, 0.25) is 0 Å². The number of hydrogen-bond donors (Lipinski definition) is 2. The topological polar surface area (TPSA) is 65.0 Å². The molecule has 0 bridgehead atoms. The molecule has 2 N–H and O–H groups in total. The van der Waals surface area contributed by atoms with Crippen molar-refractivity contribution in [1.82, 2.24) is 10.2 Å². The first-order valence-corrected chi connectivity index (χ1v) is 10.4. The summed E-state index contributed by atoms with van der Waals surface area (Å²) >= 11 is 0. The molecule has 2 aliphatic carbocycles. The molecule has 27 heavy (non-hydrogen) atoms. The molecule has 4 fully saturated rings. The van der Waals surface area contributed by atoms with Gasteiger partial charge in [-0.15, -0.1) is 0 Å². The number of urea groups is 1. The highest BCUT2D eigenvalue weighted by molar-refractivity contribution is 5.75. The normalized spacial score (nSPS) is 31.6. The first-order chi connectivity index (χ1) is 13.2. The number of piperazine rings is 1. The third kappa shape index (κ3) is 2.76. The number of benzene rings is 1. The maximum Gasteiger partial charge on any atom is 0.317 e. The largest absolute Gasteiger partial charge is 0.508 e. The average molecular weight is 371 g/mol. The molecule has 4 aliphatic rings. The molecule has 5 rings (SSSR count). The Kier molecular flexibility index (Phi) is 4.19. The highest BCUT2D eigenvalue weighted by Gasteiger charge is 2.65. The van der Waals surface area contributed by atoms with E-state index in [1.807, 2.05) is 17.0 Å². The molecule has 2 saturated carbocycles. The molecule has 3 atom stereocenters. The van der Waals surface area contributed by atoms with E-state index in [1.165, 1.54) is 25.7 Å². The second-order valence-electron chi connectivity index (χ2n) is 8.61. The molecule has 0 radical (unpaired) electrons. The van der Waals surface area contributed by atoms with E-state index in [0.29, 0.717) is 31.2 Å². The lowest BCUT2D eigenvalue weighted by molar-refractivity contribution is -0.127. The number of hydrogen-bond acceptors (Lipinski definition) is 4. The molecule has 6 nitrogen and oxygen atoms in total. The molecule has 2 amide bonds. The Bertz CT molecular complexity index is 710. The monoisotopic (exact) mass is 371 g/mol. The number of carbonyl (C=O) groups is 1. The van der Waals surface area contributed by atoms with Crippen LogP contribution in [-0.2, 0) is 4.74 Å². The van der Waals surface area contributed by atoms with E-state index in [2.05, 4.69) is 10.2 Å². The van der Waals surface area contributed by atoms with Gasteiger partial charge in [0.15, 0.2) is 0 Å². The summed E-state index contributed by atoms with van der Waals surface area (Å²) in [4.78, 5) is 17.1. The Morgan fingerprint density at radius 1 is 1.19 bits per heavy atom. The predicted octanol–water partition coefficient (Wildman–Crippen LogP) is 2.57. The van der Waals surface area contributed by atoms with Gasteiger partial charge in [0, 0.05) is 61.9 Å². The molecule has 3 unspecified atom stereocenters. The van der Waals surface area contributed by atoms with Crippen LogP contribution in [0.2, 0.25) is 0 Å². The lowest BCUT2D eigenvalue weighted by Crippen LogP contribution is -2.69. The minimum atomic E-state index is 0.0900. The second kappa shape index (κ2) is 6.59. The lowest BCUT2D eigenvalue weighted by Gasteiger charge is -2.57. The van der Waals surface area contributed by atoms with Crippen molar-refractivity contribution in [1.29, 1.82) is 0 Å². The zero-order chi connectivity index (χ0) is 18.4. The van der Waals surface area contributed by atoms with E-state index in [0.717, 1.165) is 31.8 Å². The van der Waals surface area contributed by atoms with Gasteiger partial charge in [-0.25, -0.2) is 4.79 Å². The molecule has 0 aromatic heterocycles. The smallest absolute Gasteiger partial charge is 0.317 e. The van der Waals surface area contributed by atoms with E-state index in [9.17, 15) is 9.90 Å². The van der Waals surface area contributed by atoms with Crippen LogP contribution in [0.15, 0.2) is 24.3 Å². The number of rotatable bonds is 2. The standard InChI is InChI=1S/C21H29N3O3/c25-16-5-3-4-15(14-16)23-9-11-24(12-10-23)20(26)22-18-17-6-13-27-19(17)21(18)7-1-2-8-21/h3-5,14,17-19,25H,1-2,6-13H2,(H,22,26). The van der Waals surface area contributed by atoms with Crippen molar-refractivity contribution in [3.8, 4) is 5.75 Å². The zero-order valence-corrected chi connectivity index (χ0v) is 15.8. The Hall–Kier alpha value is -1.95. The van der Waals surface area contributed by atoms with Crippen LogP contribution in [-0.4, -0.2) is 61.0 Å². The Balaban J connectivity index is 1.20. The Labute approximate surface area is 160 Å². The fourth-order valence-corrected chi connectivity index (χ4v) is 5.99. The number of anilines is 1. The van der Waals surface area contributed by atoms with E-state index in [4.69, 9.17) is 4.74 Å². The van der Waals surface area contributed by atoms with Gasteiger partial charge in [-0.2, -0.15) is 0 Å². The van der Waals surface area contributed by atoms with Gasteiger partial charge in [-0.1, -0.05) is 18.9 Å². The number of nitrogens with one attached hydrogen (secondary N) is 1. The summed E-state index contributed by atoms with van der Waals surface area (Å²) in [5.74, 6) is 0.800. The van der Waals surface area contributed by atoms with E-state index in [1.54, 1.807) is 12.1 Å². The summed E-state index contributed by atoms with van der Waals surface area (Å²) in [6.45, 7) is 3.87. The molecule has 6 heteroatoms. The summed E-state index contributed by atoms with van der Waals surface area (Å²) in [5, 5.41) is 13.1. The van der Waals surface area contributed by atoms with Crippen LogP contribution in [0.3, 0.4) is 0 Å². The van der Waals surface area contributed by atoms with Crippen molar-refractivity contribution in [3.05, 3.63) is 24.3 Å². The third-order valence-electron chi connectivity index (χ3n) is 7.33. The number of carbonyl (C=O) groups excluding carboxylic acids is 1. The minimum Gasteiger partial charge on any atom is -0.508 e. The summed E-state index contributed by atoms with van der Waals surface area (Å²) in [6.07, 6.45) is 6.40. The maximum atomic E-state index is 12.9. The van der Waals surface area contributed by atoms with Crippen molar-refractivity contribution >= 4 is 11.7 Å². The first-order valence-electron chi connectivity index (χ1n) is 10.4. The van der Waals surface area contributed by atoms with Crippen molar-refractivity contribution in [2.75, 3.05) is 37.7 Å². The number of ether oxygens (including phenoxy) is 1. The van der Waals surface area contributed by atoms with Crippen LogP contribution >= 0.6 is 0 Å². The number of aromatic hydroxyl groups is 1. The van der Waals surface area contributed by atoms with Gasteiger partial charge in [-0.05, 0) is 31.4 Å². The lowest BCUT2D eigenvalue weighted by atomic mass is 9.54. The van der Waals surface area contributed by atoms with E-state index >= 15 is 0 Å². The van der Waals surface area contributed by atoms with Gasteiger partial charge < -0.3 is 25.0 Å². The fraction of sp³-hybridized carbons (Fsp3) is 0.667. The molecule has 2 saturated heterocycles. The molecule has 146 valence electrons. The van der Waals surface area contributed by atoms with Crippen molar-refractivity contribution < 1.29 is 14.6 Å². The molecule has 1 aromatic rings. The van der Waals surface area contributed by atoms with Crippen LogP contribution < -0.4 is 10.2 Å². The predicted molar refractivity (Wildman–Crippen MR) is 103 cm³/mol. The number of phenols is 1. The van der Waals surface area contributed by atoms with Crippen molar-refractivity contribution in [3.63, 3.8) is 0 Å². The second-order valence-corrected chi connectivity index (χ2v) is 8.61. The number of fused-ring (bicyclic) bond motifs is 2. The van der Waals surface area contributed by atoms with Crippen LogP contribution in [0.4, 0.5) is 10.5 Å². The zero-order valence-electron chi connectivity index (χ0n) is 15.8. The Morgan fingerprint density at radius 3 is 2.70 bits per heavy atom. The van der Waals surface area contributed by atoms with Gasteiger partial charge in [0.1, 0.15) is 5.75 Å². The summed E-state index contributed by atoms with van der Waals surface area (Å²) in [5.41, 5.74) is 1.23. The molecular weight excluding hydrogens is 342 g/mol. The third-order valence-corrected chi connectivity index (χ3v) is 7.33. The molecule has 2 heterocycles. The SMILES string of the molecule is O=C(NC1C2CCOC2C12CCCC2)N1CCN(c2cccc(O)c2)CC1. The number of phenolic OH excluding ortho intramolecular Hbond substituents is 1. The molecular formula is C21H29N3O3. The number of nitrogens with zero attached hydrogens (tertiary/aromatic N) is 2. The fourth-order valence-electron chi connectivity index (χ4n) is 5.99. The average Bonchev–Trinajstić information content (AvgIpc) is 3.35. The summed E-state index contributed by atoms with van der Waals surface area (Å²) < 4.78 is 6.03. The van der Waals surface area contributed by atoms with Gasteiger partial charge in [-0.3, -0.25) is 0 Å². The quantitative estimate of drug-likeness (QED) is 0.839. The van der Waals surface area contributed by atoms with Crippen LogP contribution in [0, 0.1) is 11.3 Å². The molecule has 1 spiro atoms. The van der Waals surface area contributed by atoms with Gasteiger partial charge in [0.25, 0.3) is 0 Å². The highest BCUT2D eigenvalue weighted by atomic mass is 16.5. The first kappa shape index (κ1) is 17.2. The van der Waals surface area contributed by atoms with Gasteiger partial charge >= 0.3 is 6.03 Å².